The fourth-order valence-corrected chi connectivity index (χ4v) is 3.97. The maximum atomic E-state index is 12.9. The second-order valence-electron chi connectivity index (χ2n) is 8.45. The van der Waals surface area contributed by atoms with Crippen molar-refractivity contribution in [3.63, 3.8) is 0 Å². The van der Waals surface area contributed by atoms with E-state index in [0.29, 0.717) is 28.4 Å². The Morgan fingerprint density at radius 2 is 1.61 bits per heavy atom. The normalized spacial score (nSPS) is 11.4. The number of nitrogens with zero attached hydrogens (tertiary/aromatic N) is 2. The molecule has 4 rings (SSSR count). The number of carboxylic acids is 1. The minimum atomic E-state index is -1.12. The van der Waals surface area contributed by atoms with Crippen LogP contribution in [0.25, 0.3) is 11.3 Å². The van der Waals surface area contributed by atoms with Crippen molar-refractivity contribution in [3.05, 3.63) is 102 Å². The SMILES string of the molecule is CCOC(=O)N(c1ccccc1)c1c(C)noc1-c1ccc(C(=O)NC(Cc2ccccc2)C(=O)O)cc1. The van der Waals surface area contributed by atoms with Gasteiger partial charge in [-0.15, -0.1) is 0 Å². The third kappa shape index (κ3) is 5.89. The van der Waals surface area contributed by atoms with E-state index in [4.69, 9.17) is 9.26 Å². The van der Waals surface area contributed by atoms with E-state index in [-0.39, 0.29) is 18.6 Å². The molecular formula is C29H27N3O6. The van der Waals surface area contributed by atoms with Gasteiger partial charge in [-0.2, -0.15) is 0 Å². The smallest absolute Gasteiger partial charge is 0.419 e. The van der Waals surface area contributed by atoms with Crippen molar-refractivity contribution < 1.29 is 28.8 Å². The lowest BCUT2D eigenvalue weighted by Gasteiger charge is -2.22. The highest BCUT2D eigenvalue weighted by Gasteiger charge is 2.29. The van der Waals surface area contributed by atoms with Gasteiger partial charge in [0.25, 0.3) is 5.91 Å². The molecule has 3 aromatic carbocycles. The molecule has 38 heavy (non-hydrogen) atoms. The molecule has 0 spiro atoms. The molecule has 0 saturated carbocycles. The van der Waals surface area contributed by atoms with Crippen LogP contribution in [0.2, 0.25) is 0 Å². The van der Waals surface area contributed by atoms with E-state index in [1.807, 2.05) is 36.4 Å². The molecule has 9 nitrogen and oxygen atoms in total. The van der Waals surface area contributed by atoms with E-state index < -0.39 is 24.0 Å². The molecule has 0 saturated heterocycles. The van der Waals surface area contributed by atoms with Crippen LogP contribution in [0.3, 0.4) is 0 Å². The van der Waals surface area contributed by atoms with E-state index >= 15 is 0 Å². The Balaban J connectivity index is 1.59. The first-order chi connectivity index (χ1) is 18.4. The fraction of sp³-hybridized carbons (Fsp3) is 0.172. The quantitative estimate of drug-likeness (QED) is 0.308. The monoisotopic (exact) mass is 513 g/mol. The molecule has 194 valence electrons. The van der Waals surface area contributed by atoms with Crippen molar-refractivity contribution in [1.82, 2.24) is 10.5 Å². The molecule has 0 aliphatic carbocycles. The standard InChI is InChI=1S/C29H27N3O6/c1-3-37-29(36)32(23-12-8-5-9-13-23)25-19(2)31-38-26(25)21-14-16-22(17-15-21)27(33)30-24(28(34)35)18-20-10-6-4-7-11-20/h4-17,24H,3,18H2,1-2H3,(H,30,33)(H,34,35). The van der Waals surface area contributed by atoms with Crippen molar-refractivity contribution in [3.8, 4) is 11.3 Å². The molecule has 1 unspecified atom stereocenters. The molecule has 0 bridgehead atoms. The lowest BCUT2D eigenvalue weighted by molar-refractivity contribution is -0.139. The van der Waals surface area contributed by atoms with E-state index in [1.165, 1.54) is 4.90 Å². The Morgan fingerprint density at radius 3 is 2.21 bits per heavy atom. The highest BCUT2D eigenvalue weighted by molar-refractivity contribution is 6.01. The first kappa shape index (κ1) is 26.2. The molecule has 0 aliphatic heterocycles. The van der Waals surface area contributed by atoms with Crippen LogP contribution in [0.15, 0.2) is 89.5 Å². The van der Waals surface area contributed by atoms with E-state index in [2.05, 4.69) is 10.5 Å². The highest BCUT2D eigenvalue weighted by atomic mass is 16.6. The van der Waals surface area contributed by atoms with Crippen LogP contribution < -0.4 is 10.2 Å². The molecule has 2 N–H and O–H groups in total. The van der Waals surface area contributed by atoms with Gasteiger partial charge in [-0.25, -0.2) is 14.5 Å². The first-order valence-electron chi connectivity index (χ1n) is 12.0. The number of carbonyl (C=O) groups excluding carboxylic acids is 2. The van der Waals surface area contributed by atoms with Gasteiger partial charge in [0.15, 0.2) is 5.76 Å². The van der Waals surface area contributed by atoms with Gasteiger partial charge in [-0.3, -0.25) is 4.79 Å². The third-order valence-electron chi connectivity index (χ3n) is 5.82. The number of benzene rings is 3. The summed E-state index contributed by atoms with van der Waals surface area (Å²) in [6, 6.07) is 23.4. The number of rotatable bonds is 9. The van der Waals surface area contributed by atoms with Crippen molar-refractivity contribution in [2.24, 2.45) is 0 Å². The molecular weight excluding hydrogens is 486 g/mol. The maximum Gasteiger partial charge on any atom is 0.419 e. The van der Waals surface area contributed by atoms with Crippen molar-refractivity contribution in [2.45, 2.75) is 26.3 Å². The predicted molar refractivity (Wildman–Crippen MR) is 141 cm³/mol. The summed E-state index contributed by atoms with van der Waals surface area (Å²) < 4.78 is 10.9. The van der Waals surface area contributed by atoms with Gasteiger partial charge in [-0.1, -0.05) is 65.8 Å². The Bertz CT molecular complexity index is 1400. The lowest BCUT2D eigenvalue weighted by Crippen LogP contribution is -2.42. The molecule has 0 aliphatic rings. The molecule has 0 radical (unpaired) electrons. The molecule has 1 heterocycles. The van der Waals surface area contributed by atoms with Crippen molar-refractivity contribution in [2.75, 3.05) is 11.5 Å². The summed E-state index contributed by atoms with van der Waals surface area (Å²) >= 11 is 0. The number of aromatic nitrogens is 1. The topological polar surface area (TPSA) is 122 Å². The van der Waals surface area contributed by atoms with Gasteiger partial charge in [-0.05, 0) is 43.7 Å². The molecule has 2 amide bonds. The Kier molecular flexibility index (Phi) is 8.17. The van der Waals surface area contributed by atoms with Crippen LogP contribution in [0.4, 0.5) is 16.2 Å². The second-order valence-corrected chi connectivity index (χ2v) is 8.45. The van der Waals surface area contributed by atoms with Gasteiger partial charge in [0.2, 0.25) is 0 Å². The van der Waals surface area contributed by atoms with Gasteiger partial charge < -0.3 is 19.7 Å². The minimum absolute atomic E-state index is 0.157. The van der Waals surface area contributed by atoms with Crippen LogP contribution in [0, 0.1) is 6.92 Å². The summed E-state index contributed by atoms with van der Waals surface area (Å²) in [4.78, 5) is 38.9. The number of para-hydroxylation sites is 1. The Morgan fingerprint density at radius 1 is 0.974 bits per heavy atom. The molecule has 1 atom stereocenters. The Labute approximate surface area is 219 Å². The van der Waals surface area contributed by atoms with Crippen LogP contribution in [-0.4, -0.2) is 40.9 Å². The van der Waals surface area contributed by atoms with Crippen molar-refractivity contribution in [1.29, 1.82) is 0 Å². The van der Waals surface area contributed by atoms with Crippen LogP contribution in [-0.2, 0) is 16.0 Å². The number of nitrogens with one attached hydrogen (secondary N) is 1. The van der Waals surface area contributed by atoms with Crippen LogP contribution in [0.1, 0.15) is 28.5 Å². The summed E-state index contributed by atoms with van der Waals surface area (Å²) in [7, 11) is 0. The molecule has 9 heteroatoms. The average molecular weight is 514 g/mol. The number of hydrogen-bond acceptors (Lipinski definition) is 6. The van der Waals surface area contributed by atoms with E-state index in [9.17, 15) is 19.5 Å². The second kappa shape index (κ2) is 11.9. The van der Waals surface area contributed by atoms with Crippen LogP contribution in [0.5, 0.6) is 0 Å². The number of amides is 2. The number of carboxylic acid groups (broad SMARTS) is 1. The fourth-order valence-electron chi connectivity index (χ4n) is 3.97. The zero-order valence-corrected chi connectivity index (χ0v) is 21.0. The first-order valence-corrected chi connectivity index (χ1v) is 12.0. The highest BCUT2D eigenvalue weighted by Crippen LogP contribution is 2.38. The van der Waals surface area contributed by atoms with E-state index in [1.54, 1.807) is 62.4 Å². The van der Waals surface area contributed by atoms with Gasteiger partial charge >= 0.3 is 12.1 Å². The van der Waals surface area contributed by atoms with Gasteiger partial charge in [0.1, 0.15) is 17.4 Å². The largest absolute Gasteiger partial charge is 0.480 e. The maximum absolute atomic E-state index is 12.9. The van der Waals surface area contributed by atoms with E-state index in [0.717, 1.165) is 5.56 Å². The molecule has 1 aromatic heterocycles. The Hall–Kier alpha value is -4.92. The average Bonchev–Trinajstić information content (AvgIpc) is 3.30. The molecule has 0 fully saturated rings. The number of carbonyl (C=O) groups is 3. The van der Waals surface area contributed by atoms with Crippen LogP contribution >= 0.6 is 0 Å². The summed E-state index contributed by atoms with van der Waals surface area (Å²) in [5.41, 5.74) is 3.11. The molecule has 4 aromatic rings. The number of ether oxygens (including phenoxy) is 1. The zero-order chi connectivity index (χ0) is 27.1. The summed E-state index contributed by atoms with van der Waals surface area (Å²) in [5.74, 6) is -1.33. The number of aryl methyl sites for hydroxylation is 1. The minimum Gasteiger partial charge on any atom is -0.480 e. The van der Waals surface area contributed by atoms with Crippen molar-refractivity contribution >= 4 is 29.3 Å². The number of aliphatic carboxylic acids is 1. The zero-order valence-electron chi connectivity index (χ0n) is 21.0. The predicted octanol–water partition coefficient (Wildman–Crippen LogP) is 5.37. The number of anilines is 2. The lowest BCUT2D eigenvalue weighted by atomic mass is 10.0. The summed E-state index contributed by atoms with van der Waals surface area (Å²) in [5, 5.41) is 16.3. The number of hydrogen-bond donors (Lipinski definition) is 2. The third-order valence-corrected chi connectivity index (χ3v) is 5.82. The van der Waals surface area contributed by atoms with Gasteiger partial charge in [0, 0.05) is 17.5 Å². The summed E-state index contributed by atoms with van der Waals surface area (Å²) in [6.07, 6.45) is -0.426. The van der Waals surface area contributed by atoms with Gasteiger partial charge in [0.05, 0.1) is 12.3 Å². The summed E-state index contributed by atoms with van der Waals surface area (Å²) in [6.45, 7) is 3.63.